The number of urea groups is 1. The molecule has 0 saturated carbocycles. The van der Waals surface area contributed by atoms with Crippen LogP contribution in [0, 0.1) is 0 Å². The lowest BCUT2D eigenvalue weighted by Crippen LogP contribution is -2.43. The molecule has 0 radical (unpaired) electrons. The summed E-state index contributed by atoms with van der Waals surface area (Å²) in [5.74, 6) is 0.815. The summed E-state index contributed by atoms with van der Waals surface area (Å²) in [7, 11) is 0. The summed E-state index contributed by atoms with van der Waals surface area (Å²) < 4.78 is 7.61. The quantitative estimate of drug-likeness (QED) is 0.0771. The Morgan fingerprint density at radius 2 is 1.87 bits per heavy atom. The molecule has 8 N–H and O–H groups in total. The van der Waals surface area contributed by atoms with E-state index in [-0.39, 0.29) is 55.6 Å². The standard InChI is InChI=1S/C33H40N12O7/c46-12-11-45-41-29(40-42-45)27-25(49)26(50)31(52-27)44-18-35-24-28(36-22(17-47)13-19-5-2-1-3-6-19)38-32(39-30(24)44)43-10-9-21(16-43)37-33(51)34-15-20-7-4-8-23(48)14-20/h1-8,14,18,21-22,25-27,31,46-50H,9-13,15-17H2,(H2,34,37,51)(H,36,38,39)/t21-,22+,25+,26+,27+,31-/m1/s1. The Morgan fingerprint density at radius 1 is 1.04 bits per heavy atom. The van der Waals surface area contributed by atoms with Crippen molar-refractivity contribution >= 4 is 29.0 Å². The Bertz CT molecular complexity index is 1980. The van der Waals surface area contributed by atoms with Crippen LogP contribution in [-0.4, -0.2) is 122 Å². The average molecular weight is 717 g/mol. The van der Waals surface area contributed by atoms with Gasteiger partial charge in [-0.1, -0.05) is 42.5 Å². The highest BCUT2D eigenvalue weighted by Crippen LogP contribution is 2.39. The number of fused-ring (bicyclic) bond motifs is 1. The summed E-state index contributed by atoms with van der Waals surface area (Å²) in [5.41, 5.74) is 2.40. The molecule has 0 spiro atoms. The van der Waals surface area contributed by atoms with E-state index in [2.05, 4.69) is 36.3 Å². The van der Waals surface area contributed by atoms with Gasteiger partial charge in [-0.05, 0) is 41.3 Å². The van der Waals surface area contributed by atoms with E-state index in [9.17, 15) is 30.3 Å². The van der Waals surface area contributed by atoms with E-state index in [1.54, 1.807) is 24.3 Å². The van der Waals surface area contributed by atoms with Crippen LogP contribution in [-0.2, 0) is 24.2 Å². The van der Waals surface area contributed by atoms with Crippen LogP contribution in [0.3, 0.4) is 0 Å². The highest BCUT2D eigenvalue weighted by molar-refractivity contribution is 5.84. The van der Waals surface area contributed by atoms with E-state index in [1.807, 2.05) is 35.2 Å². The minimum Gasteiger partial charge on any atom is -0.508 e. The number of aliphatic hydroxyl groups is 4. The molecule has 5 aromatic rings. The summed E-state index contributed by atoms with van der Waals surface area (Å²) in [5, 5.41) is 72.5. The number of tetrazole rings is 1. The average Bonchev–Trinajstić information content (AvgIpc) is 3.96. The normalized spacial score (nSPS) is 22.2. The second kappa shape index (κ2) is 15.4. The Morgan fingerprint density at radius 3 is 2.65 bits per heavy atom. The molecule has 2 aliphatic rings. The first-order chi connectivity index (χ1) is 25.3. The number of nitrogens with one attached hydrogen (secondary N) is 3. The highest BCUT2D eigenvalue weighted by atomic mass is 16.6. The number of aliphatic hydroxyl groups excluding tert-OH is 4. The molecule has 2 saturated heterocycles. The van der Waals surface area contributed by atoms with Gasteiger partial charge in [0, 0.05) is 25.7 Å². The van der Waals surface area contributed by atoms with Crippen LogP contribution in [0.2, 0.25) is 0 Å². The van der Waals surface area contributed by atoms with E-state index in [0.717, 1.165) is 11.1 Å². The molecule has 19 heteroatoms. The Balaban J connectivity index is 1.14. The van der Waals surface area contributed by atoms with Crippen molar-refractivity contribution in [2.45, 2.75) is 62.6 Å². The Kier molecular flexibility index (Phi) is 10.4. The molecule has 3 aromatic heterocycles. The largest absolute Gasteiger partial charge is 0.508 e. The summed E-state index contributed by atoms with van der Waals surface area (Å²) in [4.78, 5) is 30.1. The van der Waals surface area contributed by atoms with E-state index < -0.39 is 30.6 Å². The van der Waals surface area contributed by atoms with Crippen molar-refractivity contribution in [1.29, 1.82) is 0 Å². The molecule has 5 heterocycles. The number of aromatic nitrogens is 8. The van der Waals surface area contributed by atoms with E-state index in [4.69, 9.17) is 14.7 Å². The van der Waals surface area contributed by atoms with Gasteiger partial charge in [-0.25, -0.2) is 9.78 Å². The SMILES string of the molecule is O=C(NCc1cccc(O)c1)N[C@@H]1CCN(c2nc(N[C@H](CO)Cc3ccccc3)c3ncn([C@@H]4O[C@H](c5nnn(CCO)n5)[C@@H](O)[C@@H]4O)c3n2)C1. The fourth-order valence-electron chi connectivity index (χ4n) is 6.39. The number of phenolic OH excluding ortho intramolecular Hbond substituents is 1. The first kappa shape index (κ1) is 35.0. The van der Waals surface area contributed by atoms with Crippen LogP contribution in [0.15, 0.2) is 60.9 Å². The number of hydrogen-bond acceptors (Lipinski definition) is 15. The van der Waals surface area contributed by atoms with E-state index in [0.29, 0.717) is 43.2 Å². The van der Waals surface area contributed by atoms with Crippen molar-refractivity contribution in [2.24, 2.45) is 0 Å². The number of aromatic hydroxyl groups is 1. The number of benzene rings is 2. The molecule has 2 amide bonds. The molecule has 2 aliphatic heterocycles. The molecule has 6 atom stereocenters. The van der Waals surface area contributed by atoms with Gasteiger partial charge in [0.15, 0.2) is 29.3 Å². The molecular formula is C33H40N12O7. The predicted octanol–water partition coefficient (Wildman–Crippen LogP) is -0.404. The fourth-order valence-corrected chi connectivity index (χ4v) is 6.39. The second-order valence-corrected chi connectivity index (χ2v) is 12.7. The lowest BCUT2D eigenvalue weighted by molar-refractivity contribution is -0.0384. The van der Waals surface area contributed by atoms with Crippen molar-refractivity contribution in [3.63, 3.8) is 0 Å². The minimum atomic E-state index is -1.43. The number of anilines is 2. The maximum atomic E-state index is 12.7. The number of carbonyl (C=O) groups excluding carboxylic acids is 1. The van der Waals surface area contributed by atoms with Crippen LogP contribution in [0.25, 0.3) is 11.2 Å². The van der Waals surface area contributed by atoms with Gasteiger partial charge in [-0.15, -0.1) is 10.2 Å². The zero-order valence-electron chi connectivity index (χ0n) is 28.0. The molecule has 7 rings (SSSR count). The second-order valence-electron chi connectivity index (χ2n) is 12.7. The summed E-state index contributed by atoms with van der Waals surface area (Å²) in [6.45, 7) is 0.836. The Labute approximate surface area is 296 Å². The molecule has 52 heavy (non-hydrogen) atoms. The summed E-state index contributed by atoms with van der Waals surface area (Å²) >= 11 is 0. The first-order valence-corrected chi connectivity index (χ1v) is 16.9. The summed E-state index contributed by atoms with van der Waals surface area (Å²) in [6.07, 6.45) is -2.58. The number of carbonyl (C=O) groups is 1. The van der Waals surface area contributed by atoms with Gasteiger partial charge in [0.2, 0.25) is 11.8 Å². The van der Waals surface area contributed by atoms with Crippen LogP contribution in [0.4, 0.5) is 16.6 Å². The Hall–Kier alpha value is -5.47. The predicted molar refractivity (Wildman–Crippen MR) is 184 cm³/mol. The third-order valence-electron chi connectivity index (χ3n) is 9.00. The van der Waals surface area contributed by atoms with Gasteiger partial charge in [-0.2, -0.15) is 14.8 Å². The van der Waals surface area contributed by atoms with Crippen molar-refractivity contribution in [2.75, 3.05) is 36.5 Å². The maximum Gasteiger partial charge on any atom is 0.315 e. The maximum absolute atomic E-state index is 12.7. The summed E-state index contributed by atoms with van der Waals surface area (Å²) in [6, 6.07) is 15.3. The van der Waals surface area contributed by atoms with Gasteiger partial charge in [-0.3, -0.25) is 4.57 Å². The monoisotopic (exact) mass is 716 g/mol. The number of amides is 2. The van der Waals surface area contributed by atoms with Gasteiger partial charge >= 0.3 is 6.03 Å². The van der Waals surface area contributed by atoms with Crippen molar-refractivity contribution in [3.8, 4) is 5.75 Å². The molecule has 2 aromatic carbocycles. The number of phenols is 1. The zero-order valence-corrected chi connectivity index (χ0v) is 28.0. The lowest BCUT2D eigenvalue weighted by Gasteiger charge is -2.22. The molecule has 0 unspecified atom stereocenters. The van der Waals surface area contributed by atoms with Gasteiger partial charge < -0.3 is 51.1 Å². The third-order valence-corrected chi connectivity index (χ3v) is 9.00. The molecule has 274 valence electrons. The van der Waals surface area contributed by atoms with Crippen LogP contribution in [0.5, 0.6) is 5.75 Å². The van der Waals surface area contributed by atoms with Gasteiger partial charge in [0.05, 0.1) is 32.1 Å². The molecule has 0 aliphatic carbocycles. The number of nitrogens with zero attached hydrogens (tertiary/aromatic N) is 9. The topological polar surface area (TPSA) is 254 Å². The van der Waals surface area contributed by atoms with Gasteiger partial charge in [0.1, 0.15) is 18.0 Å². The number of ether oxygens (including phenoxy) is 1. The molecular weight excluding hydrogens is 676 g/mol. The first-order valence-electron chi connectivity index (χ1n) is 16.9. The minimum absolute atomic E-state index is 0.0397. The molecule has 19 nitrogen and oxygen atoms in total. The molecule has 2 fully saturated rings. The fraction of sp³-hybridized carbons (Fsp3) is 0.424. The number of imidazole rings is 1. The van der Waals surface area contributed by atoms with E-state index >= 15 is 0 Å². The van der Waals surface area contributed by atoms with Gasteiger partial charge in [0.25, 0.3) is 0 Å². The van der Waals surface area contributed by atoms with Crippen molar-refractivity contribution in [3.05, 3.63) is 77.9 Å². The number of hydrogen-bond donors (Lipinski definition) is 8. The lowest BCUT2D eigenvalue weighted by atomic mass is 10.1. The van der Waals surface area contributed by atoms with Crippen molar-refractivity contribution < 1.29 is 35.1 Å². The molecule has 0 bridgehead atoms. The van der Waals surface area contributed by atoms with Crippen molar-refractivity contribution in [1.82, 2.24) is 50.4 Å². The van der Waals surface area contributed by atoms with Crippen LogP contribution >= 0.6 is 0 Å². The van der Waals surface area contributed by atoms with E-state index in [1.165, 1.54) is 15.7 Å². The smallest absolute Gasteiger partial charge is 0.315 e. The zero-order chi connectivity index (χ0) is 36.2. The van der Waals surface area contributed by atoms with Crippen LogP contribution in [0.1, 0.15) is 35.7 Å². The van der Waals surface area contributed by atoms with Crippen LogP contribution < -0.4 is 20.9 Å². The third kappa shape index (κ3) is 7.58. The highest BCUT2D eigenvalue weighted by Gasteiger charge is 2.47. The number of rotatable bonds is 13.